The number of ether oxygens (including phenoxy) is 1. The van der Waals surface area contributed by atoms with Crippen molar-refractivity contribution in [1.29, 1.82) is 0 Å². The molecule has 32 heavy (non-hydrogen) atoms. The number of alkyl halides is 2. The lowest BCUT2D eigenvalue weighted by molar-refractivity contribution is 0.0979. The summed E-state index contributed by atoms with van der Waals surface area (Å²) in [6.07, 6.45) is -2.67. The van der Waals surface area contributed by atoms with Gasteiger partial charge < -0.3 is 19.9 Å². The molecule has 0 atom stereocenters. The molecule has 3 heterocycles. The summed E-state index contributed by atoms with van der Waals surface area (Å²) >= 11 is 1.49. The molecule has 5 rings (SSSR count). The van der Waals surface area contributed by atoms with Crippen LogP contribution in [-0.2, 0) is 4.74 Å². The number of imidazole rings is 1. The number of halogens is 2. The van der Waals surface area contributed by atoms with E-state index in [9.17, 15) is 13.6 Å². The average molecular weight is 458 g/mol. The number of aromatic nitrogens is 2. The Balaban J connectivity index is 1.51. The van der Waals surface area contributed by atoms with Gasteiger partial charge in [-0.2, -0.15) is 0 Å². The predicted molar refractivity (Wildman–Crippen MR) is 122 cm³/mol. The van der Waals surface area contributed by atoms with Crippen LogP contribution in [-0.4, -0.2) is 59.6 Å². The SMILES string of the molecule is O=C(NC1=NCCS1)c1cccc2[nH]c(-c3ccc(N4CCOCC4)cc3C(F)F)nc12. The summed E-state index contributed by atoms with van der Waals surface area (Å²) in [6, 6.07) is 10.2. The van der Waals surface area contributed by atoms with E-state index in [1.165, 1.54) is 17.8 Å². The van der Waals surface area contributed by atoms with Gasteiger partial charge in [0.1, 0.15) is 11.3 Å². The summed E-state index contributed by atoms with van der Waals surface area (Å²) < 4.78 is 33.3. The predicted octanol–water partition coefficient (Wildman–Crippen LogP) is 3.84. The quantitative estimate of drug-likeness (QED) is 0.622. The largest absolute Gasteiger partial charge is 0.378 e. The minimum absolute atomic E-state index is 0.101. The van der Waals surface area contributed by atoms with Crippen molar-refractivity contribution in [3.63, 3.8) is 0 Å². The Bertz CT molecular complexity index is 1190. The fourth-order valence-corrected chi connectivity index (χ4v) is 4.61. The number of carbonyl (C=O) groups excluding carboxylic acids is 1. The van der Waals surface area contributed by atoms with E-state index in [1.54, 1.807) is 24.3 Å². The van der Waals surface area contributed by atoms with Crippen LogP contribution in [0.25, 0.3) is 22.4 Å². The van der Waals surface area contributed by atoms with Gasteiger partial charge in [-0.1, -0.05) is 17.8 Å². The van der Waals surface area contributed by atoms with Crippen molar-refractivity contribution in [2.75, 3.05) is 43.5 Å². The molecule has 2 aromatic carbocycles. The minimum Gasteiger partial charge on any atom is -0.378 e. The first-order valence-electron chi connectivity index (χ1n) is 10.3. The first-order chi connectivity index (χ1) is 15.6. The molecule has 1 fully saturated rings. The fourth-order valence-electron chi connectivity index (χ4n) is 3.88. The van der Waals surface area contributed by atoms with E-state index >= 15 is 0 Å². The summed E-state index contributed by atoms with van der Waals surface area (Å²) in [6.45, 7) is 3.15. The van der Waals surface area contributed by atoms with E-state index < -0.39 is 6.43 Å². The van der Waals surface area contributed by atoms with E-state index in [0.717, 1.165) is 11.4 Å². The van der Waals surface area contributed by atoms with Gasteiger partial charge in [-0.05, 0) is 30.3 Å². The Hall–Kier alpha value is -2.98. The highest BCUT2D eigenvalue weighted by atomic mass is 32.2. The number of fused-ring (bicyclic) bond motifs is 1. The Morgan fingerprint density at radius 3 is 2.81 bits per heavy atom. The molecular formula is C22H21F2N5O2S. The number of amidine groups is 1. The van der Waals surface area contributed by atoms with Gasteiger partial charge in [-0.3, -0.25) is 9.79 Å². The van der Waals surface area contributed by atoms with Crippen LogP contribution in [0, 0.1) is 0 Å². The molecule has 10 heteroatoms. The average Bonchev–Trinajstić information content (AvgIpc) is 3.48. The number of amides is 1. The summed E-state index contributed by atoms with van der Waals surface area (Å²) in [5.74, 6) is 0.818. The first kappa shape index (κ1) is 20.9. The summed E-state index contributed by atoms with van der Waals surface area (Å²) in [7, 11) is 0. The molecule has 0 bridgehead atoms. The maximum Gasteiger partial charge on any atom is 0.264 e. The van der Waals surface area contributed by atoms with Gasteiger partial charge in [0.25, 0.3) is 12.3 Å². The van der Waals surface area contributed by atoms with Crippen LogP contribution < -0.4 is 10.2 Å². The normalized spacial score (nSPS) is 16.6. The van der Waals surface area contributed by atoms with Gasteiger partial charge in [0.2, 0.25) is 0 Å². The number of hydrogen-bond donors (Lipinski definition) is 2. The Labute approximate surface area is 187 Å². The van der Waals surface area contributed by atoms with Crippen LogP contribution in [0.15, 0.2) is 41.4 Å². The Morgan fingerprint density at radius 2 is 2.06 bits per heavy atom. The number of anilines is 1. The zero-order chi connectivity index (χ0) is 22.1. The number of nitrogens with zero attached hydrogens (tertiary/aromatic N) is 3. The maximum absolute atomic E-state index is 14.0. The smallest absolute Gasteiger partial charge is 0.264 e. The number of aromatic amines is 1. The molecule has 0 aliphatic carbocycles. The van der Waals surface area contributed by atoms with Gasteiger partial charge in [-0.15, -0.1) is 0 Å². The van der Waals surface area contributed by atoms with Crippen molar-refractivity contribution < 1.29 is 18.3 Å². The number of carbonyl (C=O) groups is 1. The second-order valence-corrected chi connectivity index (χ2v) is 8.53. The van der Waals surface area contributed by atoms with E-state index in [-0.39, 0.29) is 11.5 Å². The van der Waals surface area contributed by atoms with Crippen molar-refractivity contribution in [2.24, 2.45) is 4.99 Å². The Morgan fingerprint density at radius 1 is 1.22 bits per heavy atom. The summed E-state index contributed by atoms with van der Waals surface area (Å²) in [5.41, 5.74) is 2.35. The van der Waals surface area contributed by atoms with Crippen molar-refractivity contribution in [1.82, 2.24) is 15.3 Å². The molecular weight excluding hydrogens is 436 g/mol. The first-order valence-corrected chi connectivity index (χ1v) is 11.3. The Kier molecular flexibility index (Phi) is 5.79. The lowest BCUT2D eigenvalue weighted by Crippen LogP contribution is -2.36. The van der Waals surface area contributed by atoms with Gasteiger partial charge in [0, 0.05) is 35.7 Å². The molecule has 166 valence electrons. The molecule has 0 unspecified atom stereocenters. The third-order valence-corrected chi connectivity index (χ3v) is 6.36. The molecule has 0 spiro atoms. The van der Waals surface area contributed by atoms with Gasteiger partial charge in [-0.25, -0.2) is 13.8 Å². The van der Waals surface area contributed by atoms with Crippen molar-refractivity contribution in [3.8, 4) is 11.4 Å². The molecule has 3 aromatic rings. The third kappa shape index (κ3) is 4.07. The van der Waals surface area contributed by atoms with Gasteiger partial charge >= 0.3 is 0 Å². The molecule has 2 aliphatic rings. The number of rotatable bonds is 4. The van der Waals surface area contributed by atoms with Crippen LogP contribution in [0.2, 0.25) is 0 Å². The molecule has 1 aromatic heterocycles. The monoisotopic (exact) mass is 457 g/mol. The number of para-hydroxylation sites is 1. The standard InChI is InChI=1S/C22H21F2N5O2S/c23-19(24)16-12-13(29-7-9-31-10-8-29)4-5-14(16)20-26-17-3-1-2-15(18(17)27-20)21(30)28-22-25-6-11-32-22/h1-5,12,19H,6-11H2,(H,26,27)(H,25,28,30). The number of morpholine rings is 1. The van der Waals surface area contributed by atoms with Gasteiger partial charge in [0.05, 0.1) is 30.8 Å². The van der Waals surface area contributed by atoms with E-state index in [1.807, 2.05) is 11.0 Å². The lowest BCUT2D eigenvalue weighted by atomic mass is 10.1. The highest BCUT2D eigenvalue weighted by molar-refractivity contribution is 8.14. The van der Waals surface area contributed by atoms with Crippen LogP contribution in [0.5, 0.6) is 0 Å². The van der Waals surface area contributed by atoms with Crippen LogP contribution in [0.4, 0.5) is 14.5 Å². The van der Waals surface area contributed by atoms with Crippen molar-refractivity contribution in [3.05, 3.63) is 47.5 Å². The lowest BCUT2D eigenvalue weighted by Gasteiger charge is -2.29. The van der Waals surface area contributed by atoms with E-state index in [4.69, 9.17) is 4.74 Å². The molecule has 0 radical (unpaired) electrons. The fraction of sp³-hybridized carbons (Fsp3) is 0.318. The van der Waals surface area contributed by atoms with Crippen molar-refractivity contribution >= 4 is 39.6 Å². The summed E-state index contributed by atoms with van der Waals surface area (Å²) in [5, 5.41) is 3.38. The molecule has 1 amide bonds. The summed E-state index contributed by atoms with van der Waals surface area (Å²) in [4.78, 5) is 26.7. The molecule has 0 saturated carbocycles. The van der Waals surface area contributed by atoms with Crippen LogP contribution >= 0.6 is 11.8 Å². The van der Waals surface area contributed by atoms with Gasteiger partial charge in [0.15, 0.2) is 5.17 Å². The maximum atomic E-state index is 14.0. The number of hydrogen-bond acceptors (Lipinski definition) is 6. The number of aliphatic imine (C=N–C) groups is 1. The van der Waals surface area contributed by atoms with E-state index in [2.05, 4.69) is 20.3 Å². The second-order valence-electron chi connectivity index (χ2n) is 7.45. The molecule has 1 saturated heterocycles. The second kappa shape index (κ2) is 8.87. The zero-order valence-electron chi connectivity index (χ0n) is 17.1. The highest BCUT2D eigenvalue weighted by Gasteiger charge is 2.22. The third-order valence-electron chi connectivity index (χ3n) is 5.46. The van der Waals surface area contributed by atoms with E-state index in [0.29, 0.717) is 66.0 Å². The molecule has 2 N–H and O–H groups in total. The van der Waals surface area contributed by atoms with Crippen LogP contribution in [0.1, 0.15) is 22.3 Å². The van der Waals surface area contributed by atoms with Crippen molar-refractivity contribution in [2.45, 2.75) is 6.43 Å². The number of H-pyrrole nitrogens is 1. The molecule has 2 aliphatic heterocycles. The number of nitrogens with one attached hydrogen (secondary N) is 2. The number of thioether (sulfide) groups is 1. The highest BCUT2D eigenvalue weighted by Crippen LogP contribution is 2.34. The minimum atomic E-state index is -2.67. The van der Waals surface area contributed by atoms with Crippen LogP contribution in [0.3, 0.4) is 0 Å². The zero-order valence-corrected chi connectivity index (χ0v) is 17.9. The molecule has 7 nitrogen and oxygen atoms in total. The topological polar surface area (TPSA) is 82.6 Å². The number of benzene rings is 2.